The van der Waals surface area contributed by atoms with Crippen molar-refractivity contribution in [1.29, 1.82) is 0 Å². The molecule has 24 heavy (non-hydrogen) atoms. The first-order valence-electron chi connectivity index (χ1n) is 8.60. The molecular formula is C18H29N3O3. The molecule has 1 atom stereocenters. The molecule has 134 valence electrons. The lowest BCUT2D eigenvalue weighted by atomic mass is 9.92. The third-order valence-corrected chi connectivity index (χ3v) is 4.53. The van der Waals surface area contributed by atoms with Crippen LogP contribution in [0.3, 0.4) is 0 Å². The lowest BCUT2D eigenvalue weighted by molar-refractivity contribution is -0.0123. The van der Waals surface area contributed by atoms with Gasteiger partial charge < -0.3 is 25.4 Å². The molecular weight excluding hydrogens is 306 g/mol. The van der Waals surface area contributed by atoms with Crippen LogP contribution in [0.5, 0.6) is 5.75 Å². The van der Waals surface area contributed by atoms with Crippen LogP contribution in [-0.4, -0.2) is 54.9 Å². The Balaban J connectivity index is 1.79. The number of rotatable bonds is 6. The number of piperidine rings is 1. The van der Waals surface area contributed by atoms with E-state index in [2.05, 4.69) is 15.5 Å². The van der Waals surface area contributed by atoms with Crippen molar-refractivity contribution in [2.75, 3.05) is 33.3 Å². The second kappa shape index (κ2) is 8.35. The number of nitrogens with one attached hydrogen (secondary N) is 2. The molecule has 0 aliphatic carbocycles. The summed E-state index contributed by atoms with van der Waals surface area (Å²) in [5.74, 6) is 0.822. The van der Waals surface area contributed by atoms with Crippen molar-refractivity contribution < 1.29 is 14.6 Å². The summed E-state index contributed by atoms with van der Waals surface area (Å²) in [6, 6.07) is 7.31. The maximum atomic E-state index is 12.1. The second-order valence-corrected chi connectivity index (χ2v) is 6.58. The Hall–Kier alpha value is -1.79. The van der Waals surface area contributed by atoms with Gasteiger partial charge in [-0.05, 0) is 51.4 Å². The molecule has 2 rings (SSSR count). The van der Waals surface area contributed by atoms with Gasteiger partial charge in [0.2, 0.25) is 0 Å². The highest BCUT2D eigenvalue weighted by atomic mass is 16.5. The maximum Gasteiger partial charge on any atom is 0.315 e. The first-order valence-corrected chi connectivity index (χ1v) is 8.60. The minimum absolute atomic E-state index is 0.118. The number of aliphatic hydroxyl groups is 1. The van der Waals surface area contributed by atoms with Gasteiger partial charge in [-0.3, -0.25) is 0 Å². The zero-order valence-corrected chi connectivity index (χ0v) is 14.8. The standard InChI is InChI=1S/C18H29N3O3/c1-4-24-16-7-5-15(6-8-16)14(2)20-17(22)19-13-18(23)9-11-21(3)12-10-18/h5-8,14,23H,4,9-13H2,1-3H3,(H2,19,20,22)/t14-/m0/s1. The van der Waals surface area contributed by atoms with Crippen LogP contribution >= 0.6 is 0 Å². The van der Waals surface area contributed by atoms with Crippen molar-refractivity contribution in [1.82, 2.24) is 15.5 Å². The fourth-order valence-electron chi connectivity index (χ4n) is 2.81. The molecule has 0 saturated carbocycles. The molecule has 1 aromatic carbocycles. The van der Waals surface area contributed by atoms with Gasteiger partial charge in [0, 0.05) is 19.6 Å². The number of amides is 2. The molecule has 1 aliphatic rings. The molecule has 6 heteroatoms. The Morgan fingerprint density at radius 1 is 1.33 bits per heavy atom. The number of urea groups is 1. The number of nitrogens with zero attached hydrogens (tertiary/aromatic N) is 1. The van der Waals surface area contributed by atoms with E-state index < -0.39 is 5.60 Å². The highest BCUT2D eigenvalue weighted by Crippen LogP contribution is 2.20. The van der Waals surface area contributed by atoms with Crippen LogP contribution in [0.15, 0.2) is 24.3 Å². The van der Waals surface area contributed by atoms with E-state index >= 15 is 0 Å². The molecule has 0 aromatic heterocycles. The zero-order valence-electron chi connectivity index (χ0n) is 14.8. The van der Waals surface area contributed by atoms with E-state index in [0.717, 1.165) is 24.4 Å². The molecule has 1 aromatic rings. The lowest BCUT2D eigenvalue weighted by Crippen LogP contribution is -2.51. The number of benzene rings is 1. The number of ether oxygens (including phenoxy) is 1. The molecule has 1 fully saturated rings. The third-order valence-electron chi connectivity index (χ3n) is 4.53. The minimum Gasteiger partial charge on any atom is -0.494 e. The molecule has 3 N–H and O–H groups in total. The van der Waals surface area contributed by atoms with Gasteiger partial charge in [-0.1, -0.05) is 12.1 Å². The Morgan fingerprint density at radius 2 is 1.96 bits per heavy atom. The summed E-state index contributed by atoms with van der Waals surface area (Å²) in [5, 5.41) is 16.2. The predicted octanol–water partition coefficient (Wildman–Crippen LogP) is 1.90. The summed E-state index contributed by atoms with van der Waals surface area (Å²) in [5.41, 5.74) is 0.207. The Morgan fingerprint density at radius 3 is 2.54 bits per heavy atom. The summed E-state index contributed by atoms with van der Waals surface area (Å²) >= 11 is 0. The van der Waals surface area contributed by atoms with E-state index in [9.17, 15) is 9.90 Å². The van der Waals surface area contributed by atoms with Gasteiger partial charge >= 0.3 is 6.03 Å². The highest BCUT2D eigenvalue weighted by molar-refractivity contribution is 5.74. The van der Waals surface area contributed by atoms with Crippen LogP contribution in [0, 0.1) is 0 Å². The first kappa shape index (κ1) is 18.5. The monoisotopic (exact) mass is 335 g/mol. The first-order chi connectivity index (χ1) is 11.4. The number of hydrogen-bond acceptors (Lipinski definition) is 4. The predicted molar refractivity (Wildman–Crippen MR) is 94.2 cm³/mol. The molecule has 0 spiro atoms. The van der Waals surface area contributed by atoms with Gasteiger partial charge in [-0.25, -0.2) is 4.79 Å². The SMILES string of the molecule is CCOc1ccc([C@H](C)NC(=O)NCC2(O)CCN(C)CC2)cc1. The Bertz CT molecular complexity index is 525. The maximum absolute atomic E-state index is 12.1. The fourth-order valence-corrected chi connectivity index (χ4v) is 2.81. The quantitative estimate of drug-likeness (QED) is 0.742. The van der Waals surface area contributed by atoms with Crippen molar-refractivity contribution >= 4 is 6.03 Å². The van der Waals surface area contributed by atoms with Crippen LogP contribution in [-0.2, 0) is 0 Å². The number of carbonyl (C=O) groups excluding carboxylic acids is 1. The van der Waals surface area contributed by atoms with Crippen molar-refractivity contribution in [3.05, 3.63) is 29.8 Å². The van der Waals surface area contributed by atoms with Crippen molar-refractivity contribution in [3.8, 4) is 5.75 Å². The van der Waals surface area contributed by atoms with E-state index in [1.807, 2.05) is 45.2 Å². The van der Waals surface area contributed by atoms with Crippen molar-refractivity contribution in [3.63, 3.8) is 0 Å². The molecule has 2 amide bonds. The average Bonchev–Trinajstić information content (AvgIpc) is 2.57. The summed E-state index contributed by atoms with van der Waals surface area (Å²) in [6.45, 7) is 6.49. The summed E-state index contributed by atoms with van der Waals surface area (Å²) < 4.78 is 5.42. The highest BCUT2D eigenvalue weighted by Gasteiger charge is 2.31. The van der Waals surface area contributed by atoms with Gasteiger partial charge in [-0.2, -0.15) is 0 Å². The lowest BCUT2D eigenvalue weighted by Gasteiger charge is -2.36. The average molecular weight is 335 g/mol. The summed E-state index contributed by atoms with van der Waals surface area (Å²) in [7, 11) is 2.04. The van der Waals surface area contributed by atoms with Gasteiger partial charge in [-0.15, -0.1) is 0 Å². The summed E-state index contributed by atoms with van der Waals surface area (Å²) in [6.07, 6.45) is 1.36. The number of likely N-dealkylation sites (tertiary alicyclic amines) is 1. The van der Waals surface area contributed by atoms with Crippen LogP contribution < -0.4 is 15.4 Å². The molecule has 1 saturated heterocycles. The minimum atomic E-state index is -0.799. The van der Waals surface area contributed by atoms with Gasteiger partial charge in [0.05, 0.1) is 18.2 Å². The van der Waals surface area contributed by atoms with E-state index in [-0.39, 0.29) is 18.6 Å². The van der Waals surface area contributed by atoms with Crippen molar-refractivity contribution in [2.24, 2.45) is 0 Å². The molecule has 1 aliphatic heterocycles. The normalized spacial score (nSPS) is 18.7. The molecule has 1 heterocycles. The van der Waals surface area contributed by atoms with Crippen LogP contribution in [0.4, 0.5) is 4.79 Å². The smallest absolute Gasteiger partial charge is 0.315 e. The van der Waals surface area contributed by atoms with E-state index in [1.165, 1.54) is 0 Å². The van der Waals surface area contributed by atoms with Crippen molar-refractivity contribution in [2.45, 2.75) is 38.3 Å². The van der Waals surface area contributed by atoms with Crippen LogP contribution in [0.2, 0.25) is 0 Å². The van der Waals surface area contributed by atoms with Crippen LogP contribution in [0.1, 0.15) is 38.3 Å². The molecule has 0 unspecified atom stereocenters. The second-order valence-electron chi connectivity index (χ2n) is 6.58. The van der Waals surface area contributed by atoms with Crippen LogP contribution in [0.25, 0.3) is 0 Å². The largest absolute Gasteiger partial charge is 0.494 e. The Kier molecular flexibility index (Phi) is 6.45. The van der Waals surface area contributed by atoms with Gasteiger partial charge in [0.15, 0.2) is 0 Å². The third kappa shape index (κ3) is 5.39. The molecule has 0 bridgehead atoms. The fraction of sp³-hybridized carbons (Fsp3) is 0.611. The number of hydrogen-bond donors (Lipinski definition) is 3. The van der Waals surface area contributed by atoms with Gasteiger partial charge in [0.25, 0.3) is 0 Å². The molecule has 0 radical (unpaired) electrons. The zero-order chi connectivity index (χ0) is 17.6. The Labute approximate surface area is 144 Å². The van der Waals surface area contributed by atoms with E-state index in [4.69, 9.17) is 4.74 Å². The van der Waals surface area contributed by atoms with E-state index in [1.54, 1.807) is 0 Å². The molecule has 6 nitrogen and oxygen atoms in total. The number of carbonyl (C=O) groups is 1. The summed E-state index contributed by atoms with van der Waals surface area (Å²) in [4.78, 5) is 14.3. The topological polar surface area (TPSA) is 73.8 Å². The van der Waals surface area contributed by atoms with E-state index in [0.29, 0.717) is 19.4 Å². The van der Waals surface area contributed by atoms with Gasteiger partial charge in [0.1, 0.15) is 5.75 Å².